The van der Waals surface area contributed by atoms with Gasteiger partial charge >= 0.3 is 6.03 Å². The molecule has 0 aliphatic rings. The number of carbonyl (C=O) groups excluding carboxylic acids is 1. The van der Waals surface area contributed by atoms with Gasteiger partial charge in [0.25, 0.3) is 10.0 Å². The average molecular weight is 544 g/mol. The number of nitriles is 1. The van der Waals surface area contributed by atoms with Crippen LogP contribution in [0.15, 0.2) is 77.1 Å². The third-order valence-corrected chi connectivity index (χ3v) is 8.39. The summed E-state index contributed by atoms with van der Waals surface area (Å²) in [7, 11) is -4.03. The van der Waals surface area contributed by atoms with Crippen LogP contribution in [0.1, 0.15) is 5.56 Å². The van der Waals surface area contributed by atoms with Crippen LogP contribution in [-0.2, 0) is 10.0 Å². The SMILES string of the molecule is N#Cc1ccc(NC(=O)Nc2cccc(Cl)c2Cl)c(NS(=O)(=O)c2ccc(-c3ccccn3)s2)c1. The molecule has 4 aromatic rings. The van der Waals surface area contributed by atoms with Crippen LogP contribution in [0.2, 0.25) is 10.0 Å². The minimum absolute atomic E-state index is 0.0178. The molecule has 0 aliphatic carbocycles. The molecule has 0 bridgehead atoms. The number of pyridine rings is 1. The second kappa shape index (κ2) is 10.3. The zero-order chi connectivity index (χ0) is 25.0. The number of nitrogens with one attached hydrogen (secondary N) is 3. The fourth-order valence-electron chi connectivity index (χ4n) is 2.99. The summed E-state index contributed by atoms with van der Waals surface area (Å²) in [6.07, 6.45) is 1.62. The van der Waals surface area contributed by atoms with Crippen molar-refractivity contribution < 1.29 is 13.2 Å². The minimum atomic E-state index is -4.03. The Hall–Kier alpha value is -3.62. The molecule has 4 rings (SSSR count). The van der Waals surface area contributed by atoms with Crippen LogP contribution in [0.3, 0.4) is 0 Å². The van der Waals surface area contributed by atoms with Gasteiger partial charge in [-0.05, 0) is 54.6 Å². The van der Waals surface area contributed by atoms with E-state index in [-0.39, 0.29) is 36.9 Å². The van der Waals surface area contributed by atoms with Crippen LogP contribution in [0.25, 0.3) is 10.6 Å². The second-order valence-corrected chi connectivity index (χ2v) is 10.8. The molecule has 0 aliphatic heterocycles. The number of aromatic nitrogens is 1. The van der Waals surface area contributed by atoms with E-state index in [0.717, 1.165) is 11.3 Å². The van der Waals surface area contributed by atoms with Gasteiger partial charge in [-0.25, -0.2) is 13.2 Å². The Morgan fingerprint density at radius 3 is 2.49 bits per heavy atom. The summed E-state index contributed by atoms with van der Waals surface area (Å²) in [5.41, 5.74) is 1.26. The molecule has 0 unspecified atom stereocenters. The van der Waals surface area contributed by atoms with E-state index < -0.39 is 16.1 Å². The highest BCUT2D eigenvalue weighted by molar-refractivity contribution is 7.94. The van der Waals surface area contributed by atoms with Crippen molar-refractivity contribution in [2.24, 2.45) is 0 Å². The lowest BCUT2D eigenvalue weighted by molar-refractivity contribution is 0.262. The number of nitrogens with zero attached hydrogens (tertiary/aromatic N) is 2. The summed E-state index contributed by atoms with van der Waals surface area (Å²) >= 11 is 13.1. The first-order valence-corrected chi connectivity index (χ1v) is 12.9. The van der Waals surface area contributed by atoms with Gasteiger partial charge in [-0.1, -0.05) is 35.3 Å². The van der Waals surface area contributed by atoms with Crippen molar-refractivity contribution >= 4 is 67.7 Å². The standard InChI is InChI=1S/C23H15Cl2N5O3S2/c24-15-4-3-6-18(22(15)25)29-23(31)28-16-8-7-14(13-26)12-19(16)30-35(32,33)21-10-9-20(34-21)17-5-1-2-11-27-17/h1-12,30H,(H2,28,29,31). The Bertz CT molecular complexity index is 1550. The lowest BCUT2D eigenvalue weighted by Crippen LogP contribution is -2.21. The maximum Gasteiger partial charge on any atom is 0.323 e. The van der Waals surface area contributed by atoms with E-state index in [1.807, 2.05) is 6.07 Å². The summed E-state index contributed by atoms with van der Waals surface area (Å²) in [4.78, 5) is 17.5. The van der Waals surface area contributed by atoms with Gasteiger partial charge in [0.1, 0.15) is 4.21 Å². The number of hydrogen-bond donors (Lipinski definition) is 3. The predicted molar refractivity (Wildman–Crippen MR) is 139 cm³/mol. The van der Waals surface area contributed by atoms with E-state index in [2.05, 4.69) is 20.3 Å². The minimum Gasteiger partial charge on any atom is -0.306 e. The van der Waals surface area contributed by atoms with Crippen molar-refractivity contribution in [2.75, 3.05) is 15.4 Å². The number of sulfonamides is 1. The number of carbonyl (C=O) groups is 1. The maximum atomic E-state index is 13.1. The number of rotatable bonds is 6. The number of thiophene rings is 1. The molecule has 8 nitrogen and oxygen atoms in total. The van der Waals surface area contributed by atoms with Gasteiger partial charge < -0.3 is 10.6 Å². The molecule has 0 fully saturated rings. The average Bonchev–Trinajstić information content (AvgIpc) is 3.35. The lowest BCUT2D eigenvalue weighted by atomic mass is 10.2. The van der Waals surface area contributed by atoms with Gasteiger partial charge in [0.15, 0.2) is 0 Å². The van der Waals surface area contributed by atoms with Crippen LogP contribution >= 0.6 is 34.5 Å². The molecule has 12 heteroatoms. The van der Waals surface area contributed by atoms with Crippen molar-refractivity contribution in [1.29, 1.82) is 5.26 Å². The van der Waals surface area contributed by atoms with E-state index in [1.165, 1.54) is 24.3 Å². The van der Waals surface area contributed by atoms with Crippen LogP contribution in [0.5, 0.6) is 0 Å². The third-order valence-electron chi connectivity index (χ3n) is 4.60. The molecule has 35 heavy (non-hydrogen) atoms. The molecule has 3 N–H and O–H groups in total. The van der Waals surface area contributed by atoms with Crippen LogP contribution in [0.4, 0.5) is 21.9 Å². The highest BCUT2D eigenvalue weighted by Gasteiger charge is 2.21. The van der Waals surface area contributed by atoms with Crippen LogP contribution < -0.4 is 15.4 Å². The zero-order valence-corrected chi connectivity index (χ0v) is 20.8. The van der Waals surface area contributed by atoms with Crippen molar-refractivity contribution in [3.63, 3.8) is 0 Å². The van der Waals surface area contributed by atoms with Crippen molar-refractivity contribution in [1.82, 2.24) is 4.98 Å². The number of urea groups is 1. The largest absolute Gasteiger partial charge is 0.323 e. The van der Waals surface area contributed by atoms with Gasteiger partial charge in [0, 0.05) is 6.20 Å². The third kappa shape index (κ3) is 5.72. The monoisotopic (exact) mass is 543 g/mol. The van der Waals surface area contributed by atoms with Crippen molar-refractivity contribution in [2.45, 2.75) is 4.21 Å². The maximum absolute atomic E-state index is 13.1. The van der Waals surface area contributed by atoms with Crippen molar-refractivity contribution in [3.8, 4) is 16.6 Å². The Kier molecular flexibility index (Phi) is 7.23. The van der Waals surface area contributed by atoms with E-state index in [1.54, 1.807) is 48.7 Å². The fraction of sp³-hybridized carbons (Fsp3) is 0. The molecule has 2 aromatic heterocycles. The topological polar surface area (TPSA) is 124 Å². The van der Waals surface area contributed by atoms with E-state index in [4.69, 9.17) is 23.2 Å². The molecule has 0 saturated carbocycles. The molecular formula is C23H15Cl2N5O3S2. The van der Waals surface area contributed by atoms with Crippen LogP contribution in [0, 0.1) is 11.3 Å². The zero-order valence-electron chi connectivity index (χ0n) is 17.6. The predicted octanol–water partition coefficient (Wildman–Crippen LogP) is 6.43. The molecular weight excluding hydrogens is 529 g/mol. The number of benzene rings is 2. The quantitative estimate of drug-likeness (QED) is 0.258. The molecule has 2 amide bonds. The molecule has 2 aromatic carbocycles. The van der Waals surface area contributed by atoms with Gasteiger partial charge in [-0.3, -0.25) is 9.71 Å². The molecule has 0 saturated heterocycles. The molecule has 176 valence electrons. The highest BCUT2D eigenvalue weighted by Crippen LogP contribution is 2.33. The first-order chi connectivity index (χ1) is 16.8. The molecule has 0 radical (unpaired) electrons. The number of amides is 2. The van der Waals surface area contributed by atoms with Gasteiger partial charge in [0.05, 0.1) is 49.3 Å². The number of anilines is 3. The highest BCUT2D eigenvalue weighted by atomic mass is 35.5. The molecule has 0 atom stereocenters. The summed E-state index contributed by atoms with van der Waals surface area (Å²) in [5, 5.41) is 14.8. The second-order valence-electron chi connectivity index (χ2n) is 6.99. The van der Waals surface area contributed by atoms with E-state index >= 15 is 0 Å². The van der Waals surface area contributed by atoms with Crippen molar-refractivity contribution in [3.05, 3.63) is 88.5 Å². The molecule has 0 spiro atoms. The Morgan fingerprint density at radius 2 is 1.74 bits per heavy atom. The Labute approximate surface area is 215 Å². The first kappa shape index (κ1) is 24.5. The lowest BCUT2D eigenvalue weighted by Gasteiger charge is -2.14. The van der Waals surface area contributed by atoms with Crippen LogP contribution in [-0.4, -0.2) is 19.4 Å². The van der Waals surface area contributed by atoms with Gasteiger partial charge in [-0.15, -0.1) is 11.3 Å². The normalized spacial score (nSPS) is 10.9. The van der Waals surface area contributed by atoms with Gasteiger partial charge in [0.2, 0.25) is 0 Å². The summed E-state index contributed by atoms with van der Waals surface area (Å²) in [6.45, 7) is 0. The number of halogens is 2. The van der Waals surface area contributed by atoms with E-state index in [9.17, 15) is 18.5 Å². The summed E-state index contributed by atoms with van der Waals surface area (Å²) in [5.74, 6) is 0. The Morgan fingerprint density at radius 1 is 0.943 bits per heavy atom. The smallest absolute Gasteiger partial charge is 0.306 e. The first-order valence-electron chi connectivity index (χ1n) is 9.87. The molecule has 2 heterocycles. The number of hydrogen-bond acceptors (Lipinski definition) is 6. The fourth-order valence-corrected chi connectivity index (χ4v) is 5.69. The van der Waals surface area contributed by atoms with Gasteiger partial charge in [-0.2, -0.15) is 5.26 Å². The summed E-state index contributed by atoms with van der Waals surface area (Å²) < 4.78 is 28.7. The summed E-state index contributed by atoms with van der Waals surface area (Å²) in [6, 6.07) is 18.7. The van der Waals surface area contributed by atoms with E-state index in [0.29, 0.717) is 10.6 Å². The Balaban J connectivity index is 1.59.